The van der Waals surface area contributed by atoms with Crippen LogP contribution in [0.15, 0.2) is 18.2 Å². The highest BCUT2D eigenvalue weighted by atomic mass is 19.4. The highest BCUT2D eigenvalue weighted by molar-refractivity contribution is 5.32. The molecule has 1 aliphatic carbocycles. The van der Waals surface area contributed by atoms with Gasteiger partial charge in [-0.3, -0.25) is 0 Å². The highest BCUT2D eigenvalue weighted by Crippen LogP contribution is 2.42. The molecule has 0 unspecified atom stereocenters. The second-order valence-corrected chi connectivity index (χ2v) is 4.40. The topological polar surface area (TPSA) is 20.2 Å². The third-order valence-corrected chi connectivity index (χ3v) is 3.24. The lowest BCUT2D eigenvalue weighted by atomic mass is 9.90. The van der Waals surface area contributed by atoms with Crippen molar-refractivity contribution < 1.29 is 22.7 Å². The average Bonchev–Trinajstić information content (AvgIpc) is 2.64. The van der Waals surface area contributed by atoms with Crippen molar-refractivity contribution in [3.8, 4) is 0 Å². The lowest BCUT2D eigenvalue weighted by molar-refractivity contribution is -0.140. The van der Waals surface area contributed by atoms with Crippen LogP contribution in [0.4, 0.5) is 17.6 Å². The van der Waals surface area contributed by atoms with E-state index in [1.165, 1.54) is 6.07 Å². The molecule has 1 aromatic rings. The second kappa shape index (κ2) is 3.98. The summed E-state index contributed by atoms with van der Waals surface area (Å²) >= 11 is 0. The van der Waals surface area contributed by atoms with Crippen molar-refractivity contribution in [3.63, 3.8) is 0 Å². The predicted molar refractivity (Wildman–Crippen MR) is 53.8 cm³/mol. The Morgan fingerprint density at radius 1 is 1.12 bits per heavy atom. The monoisotopic (exact) mass is 248 g/mol. The fraction of sp³-hybridized carbons (Fsp3) is 0.500. The summed E-state index contributed by atoms with van der Waals surface area (Å²) in [6.45, 7) is 0. The van der Waals surface area contributed by atoms with Crippen molar-refractivity contribution >= 4 is 0 Å². The lowest BCUT2D eigenvalue weighted by Crippen LogP contribution is -2.24. The Balaban J connectivity index is 2.49. The van der Waals surface area contributed by atoms with Crippen molar-refractivity contribution in [2.45, 2.75) is 37.5 Å². The van der Waals surface area contributed by atoms with Gasteiger partial charge in [0.2, 0.25) is 0 Å². The van der Waals surface area contributed by atoms with Crippen LogP contribution in [0.25, 0.3) is 0 Å². The molecule has 1 nitrogen and oxygen atoms in total. The largest absolute Gasteiger partial charge is 0.419 e. The minimum absolute atomic E-state index is 0.232. The standard InChI is InChI=1S/C12H12F4O/c13-10-8(11(17)6-1-2-7-11)4-3-5-9(10)12(14,15)16/h3-5,17H,1-2,6-7H2. The summed E-state index contributed by atoms with van der Waals surface area (Å²) in [7, 11) is 0. The predicted octanol–water partition coefficient (Wildman–Crippen LogP) is 3.61. The maximum atomic E-state index is 13.8. The summed E-state index contributed by atoms with van der Waals surface area (Å²) in [6, 6.07) is 3.06. The molecule has 0 aromatic heterocycles. The van der Waals surface area contributed by atoms with Gasteiger partial charge in [0.25, 0.3) is 0 Å². The number of hydrogen-bond acceptors (Lipinski definition) is 1. The first kappa shape index (κ1) is 12.4. The first-order valence-electron chi connectivity index (χ1n) is 5.43. The van der Waals surface area contributed by atoms with Crippen LogP contribution in [0.1, 0.15) is 36.8 Å². The number of hydrogen-bond donors (Lipinski definition) is 1. The lowest BCUT2D eigenvalue weighted by Gasteiger charge is -2.24. The Labute approximate surface area is 96.1 Å². The molecule has 0 amide bonds. The van der Waals surface area contributed by atoms with E-state index in [1.54, 1.807) is 0 Å². The van der Waals surface area contributed by atoms with E-state index in [-0.39, 0.29) is 5.56 Å². The molecule has 94 valence electrons. The van der Waals surface area contributed by atoms with Gasteiger partial charge in [-0.2, -0.15) is 13.2 Å². The van der Waals surface area contributed by atoms with E-state index in [0.717, 1.165) is 6.07 Å². The van der Waals surface area contributed by atoms with Crippen molar-refractivity contribution in [1.82, 2.24) is 0 Å². The third kappa shape index (κ3) is 2.16. The number of rotatable bonds is 1. The van der Waals surface area contributed by atoms with Gasteiger partial charge in [-0.05, 0) is 18.9 Å². The first-order chi connectivity index (χ1) is 7.84. The van der Waals surface area contributed by atoms with Gasteiger partial charge >= 0.3 is 6.18 Å². The summed E-state index contributed by atoms with van der Waals surface area (Å²) < 4.78 is 51.3. The molecule has 1 N–H and O–H groups in total. The molecule has 0 bridgehead atoms. The number of benzene rings is 1. The Morgan fingerprint density at radius 3 is 2.24 bits per heavy atom. The van der Waals surface area contributed by atoms with Crippen molar-refractivity contribution in [3.05, 3.63) is 35.1 Å². The SMILES string of the molecule is OC1(c2cccc(C(F)(F)F)c2F)CCCC1. The Kier molecular flexibility index (Phi) is 2.89. The van der Waals surface area contributed by atoms with E-state index in [9.17, 15) is 22.7 Å². The summed E-state index contributed by atoms with van der Waals surface area (Å²) in [5.74, 6) is -1.34. The fourth-order valence-corrected chi connectivity index (χ4v) is 2.34. The van der Waals surface area contributed by atoms with Crippen molar-refractivity contribution in [2.75, 3.05) is 0 Å². The molecule has 0 aliphatic heterocycles. The Morgan fingerprint density at radius 2 is 1.71 bits per heavy atom. The number of halogens is 4. The Bertz CT molecular complexity index is 419. The second-order valence-electron chi connectivity index (χ2n) is 4.40. The maximum Gasteiger partial charge on any atom is 0.419 e. The van der Waals surface area contributed by atoms with Crippen molar-refractivity contribution in [2.24, 2.45) is 0 Å². The van der Waals surface area contributed by atoms with E-state index in [1.807, 2.05) is 0 Å². The maximum absolute atomic E-state index is 13.8. The number of aliphatic hydroxyl groups is 1. The van der Waals surface area contributed by atoms with Gasteiger partial charge in [-0.1, -0.05) is 25.0 Å². The highest BCUT2D eigenvalue weighted by Gasteiger charge is 2.40. The minimum Gasteiger partial charge on any atom is -0.385 e. The zero-order valence-corrected chi connectivity index (χ0v) is 9.02. The zero-order valence-electron chi connectivity index (χ0n) is 9.02. The summed E-state index contributed by atoms with van der Waals surface area (Å²) in [5, 5.41) is 10.1. The van der Waals surface area contributed by atoms with Crippen LogP contribution >= 0.6 is 0 Å². The van der Waals surface area contributed by atoms with Gasteiger partial charge in [-0.15, -0.1) is 0 Å². The molecule has 0 saturated heterocycles. The first-order valence-corrected chi connectivity index (χ1v) is 5.43. The van der Waals surface area contributed by atoms with E-state index in [4.69, 9.17) is 0 Å². The molecule has 0 atom stereocenters. The molecule has 1 aliphatic rings. The van der Waals surface area contributed by atoms with E-state index in [0.29, 0.717) is 31.7 Å². The van der Waals surface area contributed by atoms with Gasteiger partial charge in [0.05, 0.1) is 11.2 Å². The molecule has 1 fully saturated rings. The van der Waals surface area contributed by atoms with Crippen LogP contribution in [-0.2, 0) is 11.8 Å². The molecule has 1 saturated carbocycles. The summed E-state index contributed by atoms with van der Waals surface area (Å²) in [6.07, 6.45) is -2.70. The van der Waals surface area contributed by atoms with Crippen LogP contribution < -0.4 is 0 Å². The van der Waals surface area contributed by atoms with Crippen molar-refractivity contribution in [1.29, 1.82) is 0 Å². The molecular formula is C12H12F4O. The fourth-order valence-electron chi connectivity index (χ4n) is 2.34. The molecule has 0 spiro atoms. The molecule has 0 heterocycles. The van der Waals surface area contributed by atoms with Gasteiger partial charge in [0, 0.05) is 5.56 Å². The van der Waals surface area contributed by atoms with E-state index >= 15 is 0 Å². The minimum atomic E-state index is -4.73. The van der Waals surface area contributed by atoms with Crippen LogP contribution in [0.5, 0.6) is 0 Å². The summed E-state index contributed by atoms with van der Waals surface area (Å²) in [4.78, 5) is 0. The molecule has 5 heteroatoms. The Hall–Kier alpha value is -1.10. The van der Waals surface area contributed by atoms with Crippen LogP contribution in [0.2, 0.25) is 0 Å². The van der Waals surface area contributed by atoms with Gasteiger partial charge in [-0.25, -0.2) is 4.39 Å². The molecular weight excluding hydrogens is 236 g/mol. The third-order valence-electron chi connectivity index (χ3n) is 3.24. The normalized spacial score (nSPS) is 19.6. The van der Waals surface area contributed by atoms with E-state index in [2.05, 4.69) is 0 Å². The summed E-state index contributed by atoms with van der Waals surface area (Å²) in [5.41, 5.74) is -2.98. The van der Waals surface area contributed by atoms with Crippen LogP contribution in [-0.4, -0.2) is 5.11 Å². The number of alkyl halides is 3. The zero-order chi connectivity index (χ0) is 12.7. The van der Waals surface area contributed by atoms with Gasteiger partial charge in [0.1, 0.15) is 5.82 Å². The molecule has 1 aromatic carbocycles. The van der Waals surface area contributed by atoms with Gasteiger partial charge in [0.15, 0.2) is 0 Å². The van der Waals surface area contributed by atoms with Gasteiger partial charge < -0.3 is 5.11 Å². The quantitative estimate of drug-likeness (QED) is 0.753. The smallest absolute Gasteiger partial charge is 0.385 e. The molecule has 0 radical (unpaired) electrons. The average molecular weight is 248 g/mol. The molecule has 2 rings (SSSR count). The van der Waals surface area contributed by atoms with E-state index < -0.39 is 23.2 Å². The van der Waals surface area contributed by atoms with Crippen LogP contribution in [0.3, 0.4) is 0 Å². The van der Waals surface area contributed by atoms with Crippen LogP contribution in [0, 0.1) is 5.82 Å². The molecule has 17 heavy (non-hydrogen) atoms.